The van der Waals surface area contributed by atoms with Gasteiger partial charge in [-0.2, -0.15) is 0 Å². The Kier molecular flexibility index (Phi) is 31.7. The van der Waals surface area contributed by atoms with Gasteiger partial charge in [0.2, 0.25) is 0 Å². The van der Waals surface area contributed by atoms with Crippen molar-refractivity contribution in [3.8, 4) is 0 Å². The number of hydrogen-bond donors (Lipinski definition) is 6. The van der Waals surface area contributed by atoms with Crippen molar-refractivity contribution in [1.29, 1.82) is 0 Å². The van der Waals surface area contributed by atoms with Gasteiger partial charge in [0, 0.05) is 16.2 Å². The van der Waals surface area contributed by atoms with E-state index in [1.54, 1.807) is 0 Å². The first kappa shape index (κ1) is 48.8. The number of aliphatic hydroxyl groups is 6. The average molecular weight is 727 g/mol. The summed E-state index contributed by atoms with van der Waals surface area (Å²) >= 11 is 0. The third-order valence-electron chi connectivity index (χ3n) is 13.3. The molecule has 0 saturated heterocycles. The second kappa shape index (κ2) is 33.1. The van der Waals surface area contributed by atoms with Gasteiger partial charge < -0.3 is 30.6 Å². The summed E-state index contributed by atoms with van der Waals surface area (Å²) in [6.07, 6.45) is 44.6. The largest absolute Gasteiger partial charge is 0.396 e. The Balaban J connectivity index is 2.64. The molecular weight excluding hydrogens is 636 g/mol. The Labute approximate surface area is 317 Å². The monoisotopic (exact) mass is 727 g/mol. The molecule has 1 aliphatic carbocycles. The maximum Gasteiger partial charge on any atom is 0.0523 e. The zero-order chi connectivity index (χ0) is 37.2. The fourth-order valence-electron chi connectivity index (χ4n) is 9.37. The van der Waals surface area contributed by atoms with Crippen LogP contribution >= 0.6 is 0 Å². The lowest BCUT2D eigenvalue weighted by atomic mass is 9.49. The number of hydrogen-bond acceptors (Lipinski definition) is 6. The standard InChI is InChI=1S/C45H90O6/c46-37-43(38-47)35-33-31-29-27-25-23-21-19-17-15-13-11-9-7-5-3-1-2-4-6-8-10-12-14-16-18-20-22-24-26-28-30-32-34-36-44(39-48,40-49)45(43,41-50)42-51/h46-51H,1-42H2. The lowest BCUT2D eigenvalue weighted by Gasteiger charge is -2.57. The normalized spacial score (nSPS) is 24.4. The minimum atomic E-state index is -1.40. The third-order valence-corrected chi connectivity index (χ3v) is 13.3. The number of rotatable bonds is 6. The van der Waals surface area contributed by atoms with Crippen molar-refractivity contribution in [2.75, 3.05) is 39.6 Å². The fourth-order valence-corrected chi connectivity index (χ4v) is 9.37. The highest BCUT2D eigenvalue weighted by molar-refractivity contribution is 5.08. The molecule has 0 radical (unpaired) electrons. The summed E-state index contributed by atoms with van der Waals surface area (Å²) in [5, 5.41) is 64.6. The lowest BCUT2D eigenvalue weighted by Crippen LogP contribution is -2.64. The molecule has 1 fully saturated rings. The molecular formula is C45H90O6. The van der Waals surface area contributed by atoms with Gasteiger partial charge in [0.05, 0.1) is 39.6 Å². The highest BCUT2D eigenvalue weighted by Gasteiger charge is 2.61. The smallest absolute Gasteiger partial charge is 0.0523 e. The van der Waals surface area contributed by atoms with E-state index < -0.39 is 55.9 Å². The van der Waals surface area contributed by atoms with Crippen molar-refractivity contribution in [3.05, 3.63) is 0 Å². The molecule has 0 spiro atoms. The SMILES string of the molecule is OCC1(CO)CCCCCCCCCCCCCCCCCCCCCCCCCCCCCCCCCCCCC(CO)(CO)C1(CO)CO. The van der Waals surface area contributed by atoms with Crippen LogP contribution in [-0.4, -0.2) is 70.3 Å². The van der Waals surface area contributed by atoms with Gasteiger partial charge in [-0.1, -0.05) is 218 Å². The topological polar surface area (TPSA) is 121 Å². The summed E-state index contributed by atoms with van der Waals surface area (Å²) < 4.78 is 0. The zero-order valence-electron chi connectivity index (χ0n) is 33.9. The van der Waals surface area contributed by atoms with Crippen LogP contribution in [0.2, 0.25) is 0 Å². The van der Waals surface area contributed by atoms with Gasteiger partial charge in [0.1, 0.15) is 0 Å². The summed E-state index contributed by atoms with van der Waals surface area (Å²) in [4.78, 5) is 0. The van der Waals surface area contributed by atoms with Gasteiger partial charge in [-0.05, 0) is 12.8 Å². The van der Waals surface area contributed by atoms with E-state index >= 15 is 0 Å². The molecule has 0 unspecified atom stereocenters. The molecule has 306 valence electrons. The Morgan fingerprint density at radius 3 is 0.451 bits per heavy atom. The molecule has 6 heteroatoms. The third kappa shape index (κ3) is 19.3. The Bertz CT molecular complexity index is 661. The first-order valence-electron chi connectivity index (χ1n) is 22.7. The molecule has 6 nitrogen and oxygen atoms in total. The molecule has 0 bridgehead atoms. The Morgan fingerprint density at radius 2 is 0.333 bits per heavy atom. The molecule has 0 aromatic heterocycles. The van der Waals surface area contributed by atoms with E-state index in [1.165, 1.54) is 180 Å². The highest BCUT2D eigenvalue weighted by atomic mass is 16.3. The van der Waals surface area contributed by atoms with Crippen LogP contribution in [-0.2, 0) is 0 Å². The van der Waals surface area contributed by atoms with E-state index in [4.69, 9.17) is 0 Å². The van der Waals surface area contributed by atoms with E-state index in [1.807, 2.05) is 0 Å². The molecule has 0 amide bonds. The Morgan fingerprint density at radius 1 is 0.196 bits per heavy atom. The molecule has 0 aromatic rings. The van der Waals surface area contributed by atoms with E-state index in [9.17, 15) is 30.6 Å². The molecule has 1 saturated carbocycles. The van der Waals surface area contributed by atoms with Gasteiger partial charge in [0.15, 0.2) is 0 Å². The van der Waals surface area contributed by atoms with E-state index in [-0.39, 0.29) is 0 Å². The van der Waals surface area contributed by atoms with Crippen LogP contribution in [0, 0.1) is 16.2 Å². The van der Waals surface area contributed by atoms with Gasteiger partial charge in [-0.25, -0.2) is 0 Å². The average Bonchev–Trinajstić information content (AvgIpc) is 3.16. The van der Waals surface area contributed by atoms with E-state index in [0.717, 1.165) is 38.5 Å². The minimum absolute atomic E-state index is 0.410. The van der Waals surface area contributed by atoms with Gasteiger partial charge in [0.25, 0.3) is 0 Å². The Hall–Kier alpha value is -0.240. The van der Waals surface area contributed by atoms with Gasteiger partial charge >= 0.3 is 0 Å². The molecule has 0 aliphatic heterocycles. The van der Waals surface area contributed by atoms with Crippen LogP contribution in [0.5, 0.6) is 0 Å². The molecule has 51 heavy (non-hydrogen) atoms. The summed E-state index contributed by atoms with van der Waals surface area (Å²) in [6, 6.07) is 0. The van der Waals surface area contributed by atoms with Crippen LogP contribution in [0.4, 0.5) is 0 Å². The van der Waals surface area contributed by atoms with Crippen molar-refractivity contribution in [1.82, 2.24) is 0 Å². The van der Waals surface area contributed by atoms with E-state index in [0.29, 0.717) is 12.8 Å². The van der Waals surface area contributed by atoms with Crippen LogP contribution in [0.15, 0.2) is 0 Å². The fraction of sp³-hybridized carbons (Fsp3) is 1.00. The maximum absolute atomic E-state index is 10.8. The van der Waals surface area contributed by atoms with Crippen molar-refractivity contribution in [2.45, 2.75) is 231 Å². The molecule has 1 rings (SSSR count). The molecule has 0 heterocycles. The minimum Gasteiger partial charge on any atom is -0.396 e. The second-order valence-corrected chi connectivity index (χ2v) is 17.1. The molecule has 0 atom stereocenters. The lowest BCUT2D eigenvalue weighted by molar-refractivity contribution is -0.214. The van der Waals surface area contributed by atoms with Crippen LogP contribution in [0.1, 0.15) is 231 Å². The summed E-state index contributed by atoms with van der Waals surface area (Å²) in [5.41, 5.74) is -3.80. The summed E-state index contributed by atoms with van der Waals surface area (Å²) in [7, 11) is 0. The zero-order valence-corrected chi connectivity index (χ0v) is 33.9. The first-order valence-corrected chi connectivity index (χ1v) is 22.7. The molecule has 1 aliphatic rings. The van der Waals surface area contributed by atoms with E-state index in [2.05, 4.69) is 0 Å². The van der Waals surface area contributed by atoms with Crippen molar-refractivity contribution in [3.63, 3.8) is 0 Å². The van der Waals surface area contributed by atoms with Crippen LogP contribution < -0.4 is 0 Å². The molecule has 0 aromatic carbocycles. The van der Waals surface area contributed by atoms with Gasteiger partial charge in [-0.15, -0.1) is 0 Å². The molecule has 6 N–H and O–H groups in total. The summed E-state index contributed by atoms with van der Waals surface area (Å²) in [6.45, 7) is -2.66. The van der Waals surface area contributed by atoms with Crippen LogP contribution in [0.25, 0.3) is 0 Å². The quantitative estimate of drug-likeness (QED) is 0.162. The number of aliphatic hydroxyl groups excluding tert-OH is 6. The predicted molar refractivity (Wildman–Crippen MR) is 216 cm³/mol. The maximum atomic E-state index is 10.8. The first-order chi connectivity index (χ1) is 25.1. The van der Waals surface area contributed by atoms with Crippen molar-refractivity contribution >= 4 is 0 Å². The summed E-state index contributed by atoms with van der Waals surface area (Å²) in [5.74, 6) is 0. The van der Waals surface area contributed by atoms with Crippen molar-refractivity contribution in [2.24, 2.45) is 16.2 Å². The second-order valence-electron chi connectivity index (χ2n) is 17.1. The predicted octanol–water partition coefficient (Wildman–Crippen LogP) is 11.0. The van der Waals surface area contributed by atoms with Crippen molar-refractivity contribution < 1.29 is 30.6 Å². The van der Waals surface area contributed by atoms with Gasteiger partial charge in [-0.3, -0.25) is 0 Å². The van der Waals surface area contributed by atoms with Crippen LogP contribution in [0.3, 0.4) is 0 Å². The highest BCUT2D eigenvalue weighted by Crippen LogP contribution is 2.56.